The normalized spacial score (nSPS) is 15.8. The van der Waals surface area contributed by atoms with Gasteiger partial charge in [0.1, 0.15) is 30.2 Å². The topological polar surface area (TPSA) is 382 Å². The second-order valence-electron chi connectivity index (χ2n) is 14.3. The zero-order valence-corrected chi connectivity index (χ0v) is 33.5. The highest BCUT2D eigenvalue weighted by Gasteiger charge is 2.37. The second-order valence-corrected chi connectivity index (χ2v) is 14.3. The lowest BCUT2D eigenvalue weighted by Crippen LogP contribution is -2.57. The Balaban J connectivity index is 1.95. The summed E-state index contributed by atoms with van der Waals surface area (Å²) in [5.74, 6) is -11.8. The van der Waals surface area contributed by atoms with Crippen LogP contribution in [-0.2, 0) is 59.2 Å². The number of nitrogens with one attached hydrogen (secondary N) is 7. The van der Waals surface area contributed by atoms with Gasteiger partial charge in [-0.05, 0) is 30.7 Å². The molecule has 0 radical (unpaired) electrons. The summed E-state index contributed by atoms with van der Waals surface area (Å²) in [6.45, 7) is 0.148. The van der Waals surface area contributed by atoms with E-state index < -0.39 is 146 Å². The van der Waals surface area contributed by atoms with Gasteiger partial charge in [-0.2, -0.15) is 0 Å². The van der Waals surface area contributed by atoms with Crippen LogP contribution in [0.4, 0.5) is 0 Å². The Hall–Kier alpha value is -6.69. The predicted molar refractivity (Wildman–Crippen MR) is 208 cm³/mol. The minimum atomic E-state index is -1.81. The van der Waals surface area contributed by atoms with Gasteiger partial charge in [-0.25, -0.2) is 4.79 Å². The average Bonchev–Trinajstić information content (AvgIpc) is 3.71. The summed E-state index contributed by atoms with van der Waals surface area (Å²) in [5, 5.41) is 53.0. The molecule has 0 aliphatic carbocycles. The van der Waals surface area contributed by atoms with E-state index in [1.165, 1.54) is 4.90 Å². The highest BCUT2D eigenvalue weighted by atomic mass is 16.4. The quantitative estimate of drug-likeness (QED) is 0.0437. The van der Waals surface area contributed by atoms with Crippen LogP contribution in [0.1, 0.15) is 51.5 Å². The van der Waals surface area contributed by atoms with Gasteiger partial charge in [0.2, 0.25) is 47.3 Å². The van der Waals surface area contributed by atoms with Crippen LogP contribution in [0.25, 0.3) is 0 Å². The van der Waals surface area contributed by atoms with Gasteiger partial charge in [-0.3, -0.25) is 47.9 Å². The van der Waals surface area contributed by atoms with Crippen LogP contribution >= 0.6 is 0 Å². The van der Waals surface area contributed by atoms with Crippen molar-refractivity contribution in [3.63, 3.8) is 0 Å². The molecule has 1 aromatic rings. The molecule has 1 fully saturated rings. The van der Waals surface area contributed by atoms with Crippen LogP contribution in [0.3, 0.4) is 0 Å². The molecule has 61 heavy (non-hydrogen) atoms. The van der Waals surface area contributed by atoms with Gasteiger partial charge < -0.3 is 68.3 Å². The number of carbonyl (C=O) groups is 11. The summed E-state index contributed by atoms with van der Waals surface area (Å²) in [7, 11) is 0. The summed E-state index contributed by atoms with van der Waals surface area (Å²) >= 11 is 0. The Labute approximate surface area is 349 Å². The average molecular weight is 864 g/mol. The summed E-state index contributed by atoms with van der Waals surface area (Å²) in [5.41, 5.74) is 6.23. The largest absolute Gasteiger partial charge is 0.481 e. The number of aliphatic hydroxyl groups is 1. The number of carbonyl (C=O) groups excluding carboxylic acids is 8. The number of nitrogens with zero attached hydrogens (tertiary/aromatic N) is 1. The first-order valence-corrected chi connectivity index (χ1v) is 19.1. The highest BCUT2D eigenvalue weighted by molar-refractivity contribution is 5.97. The fourth-order valence-electron chi connectivity index (χ4n) is 5.87. The van der Waals surface area contributed by atoms with E-state index in [2.05, 4.69) is 31.9 Å². The van der Waals surface area contributed by atoms with Crippen molar-refractivity contribution in [3.05, 3.63) is 35.9 Å². The van der Waals surface area contributed by atoms with E-state index in [-0.39, 0.29) is 25.8 Å². The van der Waals surface area contributed by atoms with Crippen LogP contribution in [-0.4, -0.2) is 160 Å². The van der Waals surface area contributed by atoms with E-state index in [0.717, 1.165) is 0 Å². The fraction of sp³-hybridized carbons (Fsp3) is 0.541. The Morgan fingerprint density at radius 1 is 0.721 bits per heavy atom. The lowest BCUT2D eigenvalue weighted by molar-refractivity contribution is -0.144. The van der Waals surface area contributed by atoms with Crippen molar-refractivity contribution in [2.75, 3.05) is 32.8 Å². The van der Waals surface area contributed by atoms with Crippen LogP contribution < -0.4 is 43.0 Å². The zero-order valence-electron chi connectivity index (χ0n) is 33.5. The first kappa shape index (κ1) is 50.5. The van der Waals surface area contributed by atoms with E-state index >= 15 is 0 Å². The van der Waals surface area contributed by atoms with Gasteiger partial charge >= 0.3 is 17.9 Å². The Morgan fingerprint density at radius 2 is 1.34 bits per heavy atom. The SMILES string of the molecule is CC(C)[C@H](NC(=O)[C@H](Cc1ccccc1)NC(=O)[C@@H]1CCCN1C(=O)CNC(=O)CNC(=O)[C@H](CO)NC(=O)[C@H](CC(=O)O)NC(=O)CNC(=O)[C@@H](N)CCC(=O)O)C(=O)O. The molecule has 0 aromatic heterocycles. The smallest absolute Gasteiger partial charge is 0.326 e. The van der Waals surface area contributed by atoms with Crippen molar-refractivity contribution >= 4 is 65.2 Å². The molecule has 0 saturated carbocycles. The highest BCUT2D eigenvalue weighted by Crippen LogP contribution is 2.18. The number of aliphatic hydroxyl groups excluding tert-OH is 1. The van der Waals surface area contributed by atoms with Crippen LogP contribution in [0.15, 0.2) is 30.3 Å². The molecule has 1 aromatic carbocycles. The third-order valence-electron chi connectivity index (χ3n) is 9.16. The summed E-state index contributed by atoms with van der Waals surface area (Å²) in [6, 6.07) is 0.362. The van der Waals surface area contributed by atoms with E-state index in [0.29, 0.717) is 12.0 Å². The zero-order chi connectivity index (χ0) is 45.8. The molecule has 0 spiro atoms. The van der Waals surface area contributed by atoms with Gasteiger partial charge in [0.15, 0.2) is 0 Å². The molecule has 1 aliphatic heterocycles. The van der Waals surface area contributed by atoms with E-state index in [4.69, 9.17) is 10.8 Å². The van der Waals surface area contributed by atoms with Crippen LogP contribution in [0.2, 0.25) is 0 Å². The Bertz CT molecular complexity index is 1780. The molecular weight excluding hydrogens is 810 g/mol. The monoisotopic (exact) mass is 863 g/mol. The number of hydrogen-bond acceptors (Lipinski definition) is 13. The van der Waals surface area contributed by atoms with E-state index in [1.54, 1.807) is 44.2 Å². The van der Waals surface area contributed by atoms with Crippen LogP contribution in [0.5, 0.6) is 0 Å². The Kier molecular flexibility index (Phi) is 20.7. The van der Waals surface area contributed by atoms with Gasteiger partial charge in [-0.1, -0.05) is 44.2 Å². The third kappa shape index (κ3) is 17.6. The number of hydrogen-bond donors (Lipinski definition) is 12. The molecule has 24 heteroatoms. The molecule has 2 rings (SSSR count). The Morgan fingerprint density at radius 3 is 1.93 bits per heavy atom. The minimum Gasteiger partial charge on any atom is -0.481 e. The van der Waals surface area contributed by atoms with E-state index in [9.17, 15) is 68.1 Å². The number of rotatable bonds is 25. The molecule has 336 valence electrons. The van der Waals surface area contributed by atoms with Gasteiger partial charge in [0.05, 0.1) is 38.7 Å². The number of likely N-dealkylation sites (tertiary alicyclic amines) is 1. The lowest BCUT2D eigenvalue weighted by Gasteiger charge is -2.27. The van der Waals surface area contributed by atoms with Gasteiger partial charge in [0.25, 0.3) is 0 Å². The number of nitrogens with two attached hydrogens (primary N) is 1. The number of amides is 8. The second kappa shape index (κ2) is 25.1. The molecule has 1 aliphatic rings. The molecule has 1 saturated heterocycles. The maximum absolute atomic E-state index is 13.5. The molecular formula is C37H53N9O15. The number of benzene rings is 1. The van der Waals surface area contributed by atoms with Crippen LogP contribution in [0, 0.1) is 5.92 Å². The first-order chi connectivity index (χ1) is 28.7. The molecule has 8 amide bonds. The minimum absolute atomic E-state index is 0.0162. The van der Waals surface area contributed by atoms with Gasteiger partial charge in [0, 0.05) is 19.4 Å². The van der Waals surface area contributed by atoms with Crippen molar-refractivity contribution in [2.45, 2.75) is 88.6 Å². The standard InChI is InChI=1S/C37H53N9O15/c1-19(2)31(37(60)61)45-35(58)22(13-20-7-4-3-5-8-20)43-36(59)25-9-6-12-46(25)28(50)17-39-26(48)15-41-33(56)24(18-47)44-34(57)23(14-30(53)54)42-27(49)16-40-32(55)21(38)10-11-29(51)52/h3-5,7-8,19,21-25,31,47H,6,9-18,38H2,1-2H3,(H,39,48)(H,40,55)(H,41,56)(H,42,49)(H,43,59)(H,44,57)(H,45,58)(H,51,52)(H,53,54)(H,60,61)/t21-,22-,23-,24-,25-,31-/m0/s1. The van der Waals surface area contributed by atoms with Crippen molar-refractivity contribution in [1.82, 2.24) is 42.1 Å². The molecule has 13 N–H and O–H groups in total. The number of carboxylic acids is 3. The van der Waals surface area contributed by atoms with Gasteiger partial charge in [-0.15, -0.1) is 0 Å². The van der Waals surface area contributed by atoms with Crippen molar-refractivity contribution in [2.24, 2.45) is 11.7 Å². The lowest BCUT2D eigenvalue weighted by atomic mass is 10.0. The predicted octanol–water partition coefficient (Wildman–Crippen LogP) is -5.09. The maximum atomic E-state index is 13.5. The molecule has 0 unspecified atom stereocenters. The first-order valence-electron chi connectivity index (χ1n) is 19.1. The summed E-state index contributed by atoms with van der Waals surface area (Å²) < 4.78 is 0. The van der Waals surface area contributed by atoms with Crippen molar-refractivity contribution in [3.8, 4) is 0 Å². The van der Waals surface area contributed by atoms with Crippen molar-refractivity contribution < 1.29 is 73.2 Å². The molecule has 1 heterocycles. The number of carboxylic acid groups (broad SMARTS) is 3. The molecule has 6 atom stereocenters. The number of aliphatic carboxylic acids is 3. The van der Waals surface area contributed by atoms with Crippen molar-refractivity contribution in [1.29, 1.82) is 0 Å². The molecule has 0 bridgehead atoms. The fourth-order valence-corrected chi connectivity index (χ4v) is 5.87. The summed E-state index contributed by atoms with van der Waals surface area (Å²) in [6.07, 6.45) is -1.01. The summed E-state index contributed by atoms with van der Waals surface area (Å²) in [4.78, 5) is 137. The third-order valence-corrected chi connectivity index (χ3v) is 9.16. The maximum Gasteiger partial charge on any atom is 0.326 e. The molecule has 24 nitrogen and oxygen atoms in total. The van der Waals surface area contributed by atoms with E-state index in [1.807, 2.05) is 5.32 Å².